The van der Waals surface area contributed by atoms with Gasteiger partial charge in [0.05, 0.1) is 11.8 Å². The van der Waals surface area contributed by atoms with Crippen LogP contribution in [0.15, 0.2) is 0 Å². The molecule has 0 bridgehead atoms. The summed E-state index contributed by atoms with van der Waals surface area (Å²) in [4.78, 5) is 24.1. The van der Waals surface area contributed by atoms with Crippen LogP contribution in [0.5, 0.6) is 0 Å². The molecular formula is C8H12N2O2. The number of nitrogens with zero attached hydrogens (tertiary/aromatic N) is 1. The summed E-state index contributed by atoms with van der Waals surface area (Å²) in [7, 11) is 1.57. The Bertz CT molecular complexity index is 215. The SMILES string of the molecule is CN1C(=O)C2CCNCC2C1=O. The van der Waals surface area contributed by atoms with Crippen LogP contribution >= 0.6 is 0 Å². The fraction of sp³-hybridized carbons (Fsp3) is 0.750. The average Bonchev–Trinajstić information content (AvgIpc) is 2.33. The van der Waals surface area contributed by atoms with Gasteiger partial charge >= 0.3 is 0 Å². The Morgan fingerprint density at radius 2 is 2.00 bits per heavy atom. The molecule has 2 heterocycles. The van der Waals surface area contributed by atoms with Gasteiger partial charge in [-0.1, -0.05) is 0 Å². The van der Waals surface area contributed by atoms with Gasteiger partial charge in [-0.3, -0.25) is 14.5 Å². The van der Waals surface area contributed by atoms with Crippen molar-refractivity contribution >= 4 is 11.8 Å². The summed E-state index contributed by atoms with van der Waals surface area (Å²) in [5, 5.41) is 3.13. The first kappa shape index (κ1) is 7.73. The minimum Gasteiger partial charge on any atom is -0.316 e. The van der Waals surface area contributed by atoms with Crippen LogP contribution in [0, 0.1) is 11.8 Å². The van der Waals surface area contributed by atoms with Gasteiger partial charge in [0.25, 0.3) is 0 Å². The zero-order valence-corrected chi connectivity index (χ0v) is 7.04. The second-order valence-electron chi connectivity index (χ2n) is 3.44. The number of carbonyl (C=O) groups is 2. The first-order valence-electron chi connectivity index (χ1n) is 4.24. The summed E-state index contributed by atoms with van der Waals surface area (Å²) >= 11 is 0. The second-order valence-corrected chi connectivity index (χ2v) is 3.44. The van der Waals surface area contributed by atoms with Crippen LogP contribution in [0.25, 0.3) is 0 Å². The van der Waals surface area contributed by atoms with Crippen molar-refractivity contribution in [1.29, 1.82) is 0 Å². The molecule has 0 radical (unpaired) electrons. The molecule has 2 rings (SSSR count). The third-order valence-corrected chi connectivity index (χ3v) is 2.78. The quantitative estimate of drug-likeness (QED) is 0.482. The van der Waals surface area contributed by atoms with Gasteiger partial charge in [0.15, 0.2) is 0 Å². The smallest absolute Gasteiger partial charge is 0.234 e. The van der Waals surface area contributed by atoms with Gasteiger partial charge in [-0.2, -0.15) is 0 Å². The molecule has 2 saturated heterocycles. The van der Waals surface area contributed by atoms with Gasteiger partial charge in [-0.25, -0.2) is 0 Å². The maximum atomic E-state index is 11.4. The number of hydrogen-bond donors (Lipinski definition) is 1. The maximum Gasteiger partial charge on any atom is 0.234 e. The molecule has 0 aromatic rings. The van der Waals surface area contributed by atoms with Crippen LogP contribution in [0.2, 0.25) is 0 Å². The Labute approximate surface area is 70.9 Å². The van der Waals surface area contributed by atoms with E-state index in [-0.39, 0.29) is 23.7 Å². The lowest BCUT2D eigenvalue weighted by Crippen LogP contribution is -2.38. The molecule has 0 spiro atoms. The molecule has 4 nitrogen and oxygen atoms in total. The Hall–Kier alpha value is -0.900. The zero-order valence-electron chi connectivity index (χ0n) is 7.04. The van der Waals surface area contributed by atoms with Gasteiger partial charge in [0.2, 0.25) is 11.8 Å². The minimum absolute atomic E-state index is 0.00602. The Balaban J connectivity index is 2.25. The van der Waals surface area contributed by atoms with Crippen molar-refractivity contribution in [2.45, 2.75) is 6.42 Å². The lowest BCUT2D eigenvalue weighted by atomic mass is 9.89. The molecule has 0 aliphatic carbocycles. The number of nitrogens with one attached hydrogen (secondary N) is 1. The summed E-state index contributed by atoms with van der Waals surface area (Å²) in [5.74, 6) is -0.135. The van der Waals surface area contributed by atoms with Gasteiger partial charge in [0.1, 0.15) is 0 Å². The van der Waals surface area contributed by atoms with Crippen LogP contribution in [0.1, 0.15) is 6.42 Å². The summed E-state index contributed by atoms with van der Waals surface area (Å²) < 4.78 is 0. The summed E-state index contributed by atoms with van der Waals surface area (Å²) in [6, 6.07) is 0. The van der Waals surface area contributed by atoms with E-state index in [1.165, 1.54) is 4.90 Å². The van der Waals surface area contributed by atoms with E-state index in [2.05, 4.69) is 5.32 Å². The molecule has 2 atom stereocenters. The zero-order chi connectivity index (χ0) is 8.72. The van der Waals surface area contributed by atoms with Crippen LogP contribution in [0.4, 0.5) is 0 Å². The predicted molar refractivity (Wildman–Crippen MR) is 42.2 cm³/mol. The highest BCUT2D eigenvalue weighted by molar-refractivity contribution is 6.05. The largest absolute Gasteiger partial charge is 0.316 e. The molecule has 4 heteroatoms. The van der Waals surface area contributed by atoms with Crippen LogP contribution in [-0.2, 0) is 9.59 Å². The van der Waals surface area contributed by atoms with Crippen LogP contribution < -0.4 is 5.32 Å². The standard InChI is InChI=1S/C8H12N2O2/c1-10-7(11)5-2-3-9-4-6(5)8(10)12/h5-6,9H,2-4H2,1H3. The van der Waals surface area contributed by atoms with Gasteiger partial charge in [0, 0.05) is 13.6 Å². The van der Waals surface area contributed by atoms with E-state index in [0.29, 0.717) is 6.54 Å². The highest BCUT2D eigenvalue weighted by atomic mass is 16.2. The van der Waals surface area contributed by atoms with E-state index in [9.17, 15) is 9.59 Å². The van der Waals surface area contributed by atoms with Gasteiger partial charge in [-0.15, -0.1) is 0 Å². The predicted octanol–water partition coefficient (Wildman–Crippen LogP) is -0.789. The van der Waals surface area contributed by atoms with Crippen LogP contribution in [0.3, 0.4) is 0 Å². The van der Waals surface area contributed by atoms with Crippen molar-refractivity contribution in [3.63, 3.8) is 0 Å². The number of rotatable bonds is 0. The molecule has 0 saturated carbocycles. The number of imide groups is 1. The lowest BCUT2D eigenvalue weighted by molar-refractivity contribution is -0.138. The van der Waals surface area contributed by atoms with Gasteiger partial charge in [-0.05, 0) is 13.0 Å². The molecule has 2 fully saturated rings. The minimum atomic E-state index is -0.0868. The molecule has 66 valence electrons. The van der Waals surface area contributed by atoms with E-state index in [4.69, 9.17) is 0 Å². The number of carbonyl (C=O) groups excluding carboxylic acids is 2. The lowest BCUT2D eigenvalue weighted by Gasteiger charge is -2.21. The van der Waals surface area contributed by atoms with Crippen LogP contribution in [-0.4, -0.2) is 36.9 Å². The number of piperidine rings is 1. The van der Waals surface area contributed by atoms with E-state index in [0.717, 1.165) is 13.0 Å². The van der Waals surface area contributed by atoms with Crippen molar-refractivity contribution in [3.05, 3.63) is 0 Å². The molecule has 1 N–H and O–H groups in total. The van der Waals surface area contributed by atoms with Gasteiger partial charge < -0.3 is 5.32 Å². The number of likely N-dealkylation sites (tertiary alicyclic amines) is 1. The fourth-order valence-corrected chi connectivity index (χ4v) is 2.02. The normalized spacial score (nSPS) is 35.6. The topological polar surface area (TPSA) is 49.4 Å². The van der Waals surface area contributed by atoms with Crippen molar-refractivity contribution in [1.82, 2.24) is 10.2 Å². The number of fused-ring (bicyclic) bond motifs is 1. The molecule has 2 amide bonds. The van der Waals surface area contributed by atoms with E-state index < -0.39 is 0 Å². The van der Waals surface area contributed by atoms with E-state index >= 15 is 0 Å². The Kier molecular flexibility index (Phi) is 1.65. The fourth-order valence-electron chi connectivity index (χ4n) is 2.02. The van der Waals surface area contributed by atoms with E-state index in [1.807, 2.05) is 0 Å². The van der Waals surface area contributed by atoms with E-state index in [1.54, 1.807) is 7.05 Å². The molecule has 2 unspecified atom stereocenters. The highest BCUT2D eigenvalue weighted by Crippen LogP contribution is 2.29. The molecule has 2 aliphatic rings. The molecule has 12 heavy (non-hydrogen) atoms. The van der Waals surface area contributed by atoms with Crippen molar-refractivity contribution in [3.8, 4) is 0 Å². The third-order valence-electron chi connectivity index (χ3n) is 2.78. The Morgan fingerprint density at radius 1 is 1.33 bits per heavy atom. The summed E-state index contributed by atoms with van der Waals surface area (Å²) in [5.41, 5.74) is 0. The molecule has 0 aromatic carbocycles. The third kappa shape index (κ3) is 0.876. The monoisotopic (exact) mass is 168 g/mol. The maximum absolute atomic E-state index is 11.4. The average molecular weight is 168 g/mol. The Morgan fingerprint density at radius 3 is 2.67 bits per heavy atom. The van der Waals surface area contributed by atoms with Crippen molar-refractivity contribution in [2.75, 3.05) is 20.1 Å². The number of amides is 2. The molecule has 0 aromatic heterocycles. The summed E-state index contributed by atoms with van der Waals surface area (Å²) in [6.07, 6.45) is 0.805. The number of hydrogen-bond acceptors (Lipinski definition) is 3. The second kappa shape index (κ2) is 2.55. The summed E-state index contributed by atoms with van der Waals surface area (Å²) in [6.45, 7) is 1.52. The van der Waals surface area contributed by atoms with Crippen molar-refractivity contribution in [2.24, 2.45) is 11.8 Å². The first-order chi connectivity index (χ1) is 5.72. The first-order valence-corrected chi connectivity index (χ1v) is 4.24. The molecule has 2 aliphatic heterocycles. The van der Waals surface area contributed by atoms with Crippen molar-refractivity contribution < 1.29 is 9.59 Å². The molecular weight excluding hydrogens is 156 g/mol. The highest BCUT2D eigenvalue weighted by Gasteiger charge is 2.46.